The van der Waals surface area contributed by atoms with Crippen LogP contribution in [0.3, 0.4) is 0 Å². The zero-order valence-corrected chi connectivity index (χ0v) is 21.1. The Kier molecular flexibility index (Phi) is 16.7. The molecule has 0 saturated carbocycles. The van der Waals surface area contributed by atoms with Crippen molar-refractivity contribution in [2.24, 2.45) is 5.73 Å². The number of rotatable bonds is 19. The van der Waals surface area contributed by atoms with Crippen molar-refractivity contribution in [2.75, 3.05) is 66.4 Å². The SMILES string of the molecule is COC(=O)CCC(NC(=O)C1CCCN1C(C)=O)C(=O)NCCCOCCOCCOCCCN. The van der Waals surface area contributed by atoms with Gasteiger partial charge in [0.15, 0.2) is 0 Å². The van der Waals surface area contributed by atoms with Crippen molar-refractivity contribution < 1.29 is 38.1 Å². The van der Waals surface area contributed by atoms with Gasteiger partial charge in [-0.1, -0.05) is 0 Å². The summed E-state index contributed by atoms with van der Waals surface area (Å²) in [6, 6.07) is -1.51. The summed E-state index contributed by atoms with van der Waals surface area (Å²) in [5.74, 6) is -1.44. The van der Waals surface area contributed by atoms with Crippen LogP contribution in [0.1, 0.15) is 45.4 Å². The first-order valence-corrected chi connectivity index (χ1v) is 12.3. The van der Waals surface area contributed by atoms with Gasteiger partial charge in [0.25, 0.3) is 0 Å². The van der Waals surface area contributed by atoms with Crippen LogP contribution in [-0.2, 0) is 38.1 Å². The van der Waals surface area contributed by atoms with Gasteiger partial charge in [0.1, 0.15) is 12.1 Å². The lowest BCUT2D eigenvalue weighted by Gasteiger charge is -2.25. The highest BCUT2D eigenvalue weighted by molar-refractivity contribution is 5.92. The third kappa shape index (κ3) is 13.4. The van der Waals surface area contributed by atoms with Crippen LogP contribution in [0.2, 0.25) is 0 Å². The van der Waals surface area contributed by atoms with Crippen molar-refractivity contribution in [1.29, 1.82) is 0 Å². The maximum Gasteiger partial charge on any atom is 0.305 e. The van der Waals surface area contributed by atoms with Gasteiger partial charge in [-0.25, -0.2) is 0 Å². The van der Waals surface area contributed by atoms with Crippen molar-refractivity contribution in [1.82, 2.24) is 15.5 Å². The molecule has 12 heteroatoms. The van der Waals surface area contributed by atoms with Crippen molar-refractivity contribution >= 4 is 23.7 Å². The maximum atomic E-state index is 12.7. The topological polar surface area (TPSA) is 159 Å². The summed E-state index contributed by atoms with van der Waals surface area (Å²) in [7, 11) is 1.27. The van der Waals surface area contributed by atoms with E-state index in [4.69, 9.17) is 19.9 Å². The van der Waals surface area contributed by atoms with Crippen LogP contribution in [-0.4, -0.2) is 107 Å². The Morgan fingerprint density at radius 1 is 1.00 bits per heavy atom. The van der Waals surface area contributed by atoms with E-state index in [1.165, 1.54) is 18.9 Å². The second-order valence-corrected chi connectivity index (χ2v) is 8.17. The highest BCUT2D eigenvalue weighted by Gasteiger charge is 2.34. The number of ether oxygens (including phenoxy) is 4. The molecule has 1 aliphatic rings. The van der Waals surface area contributed by atoms with Crippen molar-refractivity contribution in [3.8, 4) is 0 Å². The molecule has 0 aromatic carbocycles. The van der Waals surface area contributed by atoms with E-state index >= 15 is 0 Å². The third-order valence-electron chi connectivity index (χ3n) is 5.46. The van der Waals surface area contributed by atoms with Gasteiger partial charge in [0, 0.05) is 39.6 Å². The summed E-state index contributed by atoms with van der Waals surface area (Å²) >= 11 is 0. The summed E-state index contributed by atoms with van der Waals surface area (Å²) in [5, 5.41) is 5.47. The molecule has 4 N–H and O–H groups in total. The third-order valence-corrected chi connectivity index (χ3v) is 5.46. The van der Waals surface area contributed by atoms with E-state index in [0.29, 0.717) is 72.1 Å². The van der Waals surface area contributed by atoms with Crippen LogP contribution in [0.4, 0.5) is 0 Å². The van der Waals surface area contributed by atoms with Crippen LogP contribution in [0.25, 0.3) is 0 Å². The zero-order valence-electron chi connectivity index (χ0n) is 21.1. The molecule has 2 atom stereocenters. The second kappa shape index (κ2) is 19.0. The van der Waals surface area contributed by atoms with E-state index in [1.54, 1.807) is 0 Å². The van der Waals surface area contributed by atoms with Crippen molar-refractivity contribution in [3.63, 3.8) is 0 Å². The lowest BCUT2D eigenvalue weighted by atomic mass is 10.1. The quantitative estimate of drug-likeness (QED) is 0.154. The second-order valence-electron chi connectivity index (χ2n) is 8.17. The Labute approximate surface area is 207 Å². The van der Waals surface area contributed by atoms with Crippen LogP contribution in [0, 0.1) is 0 Å². The van der Waals surface area contributed by atoms with Crippen LogP contribution in [0.15, 0.2) is 0 Å². The number of carbonyl (C=O) groups excluding carboxylic acids is 4. The molecular formula is C23H42N4O8. The molecule has 0 bridgehead atoms. The molecule has 2 unspecified atom stereocenters. The lowest BCUT2D eigenvalue weighted by Crippen LogP contribution is -2.53. The summed E-state index contributed by atoms with van der Waals surface area (Å²) < 4.78 is 20.8. The maximum absolute atomic E-state index is 12.7. The van der Waals surface area contributed by atoms with Crippen LogP contribution >= 0.6 is 0 Å². The molecule has 1 aliphatic heterocycles. The van der Waals surface area contributed by atoms with Gasteiger partial charge < -0.3 is 40.2 Å². The Hall–Kier alpha value is -2.28. The number of amides is 3. The molecular weight excluding hydrogens is 460 g/mol. The molecule has 35 heavy (non-hydrogen) atoms. The fourth-order valence-electron chi connectivity index (χ4n) is 3.55. The Morgan fingerprint density at radius 2 is 1.63 bits per heavy atom. The number of likely N-dealkylation sites (tertiary alicyclic amines) is 1. The highest BCUT2D eigenvalue weighted by atomic mass is 16.5. The minimum absolute atomic E-state index is 0.0167. The number of methoxy groups -OCH3 is 1. The molecule has 1 rings (SSSR count). The molecule has 0 aliphatic carbocycles. The van der Waals surface area contributed by atoms with E-state index in [0.717, 1.165) is 12.8 Å². The first-order chi connectivity index (χ1) is 16.9. The van der Waals surface area contributed by atoms with E-state index in [1.807, 2.05) is 0 Å². The van der Waals surface area contributed by atoms with Gasteiger partial charge in [-0.2, -0.15) is 0 Å². The van der Waals surface area contributed by atoms with E-state index in [-0.39, 0.29) is 18.7 Å². The van der Waals surface area contributed by atoms with Gasteiger partial charge in [0.2, 0.25) is 17.7 Å². The number of nitrogens with two attached hydrogens (primary N) is 1. The lowest BCUT2D eigenvalue weighted by molar-refractivity contribution is -0.141. The molecule has 0 spiro atoms. The Bertz CT molecular complexity index is 649. The van der Waals surface area contributed by atoms with Crippen molar-refractivity contribution in [3.05, 3.63) is 0 Å². The number of carbonyl (C=O) groups is 4. The fourth-order valence-corrected chi connectivity index (χ4v) is 3.55. The van der Waals surface area contributed by atoms with Crippen LogP contribution in [0.5, 0.6) is 0 Å². The summed E-state index contributed by atoms with van der Waals surface area (Å²) in [5.41, 5.74) is 5.38. The van der Waals surface area contributed by atoms with Crippen LogP contribution < -0.4 is 16.4 Å². The fraction of sp³-hybridized carbons (Fsp3) is 0.826. The van der Waals surface area contributed by atoms with E-state index in [9.17, 15) is 19.2 Å². The molecule has 1 fully saturated rings. The van der Waals surface area contributed by atoms with Gasteiger partial charge in [-0.05, 0) is 38.6 Å². The van der Waals surface area contributed by atoms with Gasteiger partial charge in [-0.15, -0.1) is 0 Å². The summed E-state index contributed by atoms with van der Waals surface area (Å²) in [4.78, 5) is 50.2. The average molecular weight is 503 g/mol. The molecule has 1 saturated heterocycles. The van der Waals surface area contributed by atoms with Gasteiger partial charge in [-0.3, -0.25) is 19.2 Å². The number of esters is 1. The number of hydrogen-bond acceptors (Lipinski definition) is 9. The minimum Gasteiger partial charge on any atom is -0.469 e. The number of hydrogen-bond donors (Lipinski definition) is 3. The van der Waals surface area contributed by atoms with E-state index < -0.39 is 29.9 Å². The molecule has 0 aromatic rings. The number of nitrogens with one attached hydrogen (secondary N) is 2. The Morgan fingerprint density at radius 3 is 2.23 bits per heavy atom. The monoisotopic (exact) mass is 502 g/mol. The highest BCUT2D eigenvalue weighted by Crippen LogP contribution is 2.17. The number of nitrogens with zero attached hydrogens (tertiary/aromatic N) is 1. The van der Waals surface area contributed by atoms with Gasteiger partial charge in [0.05, 0.1) is 33.5 Å². The largest absolute Gasteiger partial charge is 0.469 e. The molecule has 202 valence electrons. The predicted octanol–water partition coefficient (Wildman–Crippen LogP) is -0.660. The molecule has 1 heterocycles. The zero-order chi connectivity index (χ0) is 25.9. The Balaban J connectivity index is 2.30. The smallest absolute Gasteiger partial charge is 0.305 e. The van der Waals surface area contributed by atoms with Gasteiger partial charge >= 0.3 is 5.97 Å². The first kappa shape index (κ1) is 30.8. The van der Waals surface area contributed by atoms with Crippen molar-refractivity contribution in [2.45, 2.75) is 57.5 Å². The molecule has 0 aromatic heterocycles. The standard InChI is InChI=1S/C23H42N4O8/c1-18(28)27-11-3-6-20(27)23(31)26-19(7-8-21(29)32-2)22(30)25-10-5-13-34-15-17-35-16-14-33-12-4-9-24/h19-20H,3-17,24H2,1-2H3,(H,25,30)(H,26,31). The summed E-state index contributed by atoms with van der Waals surface area (Å²) in [6.45, 7) is 5.86. The summed E-state index contributed by atoms with van der Waals surface area (Å²) in [6.07, 6.45) is 2.75. The first-order valence-electron chi connectivity index (χ1n) is 12.3. The molecule has 12 nitrogen and oxygen atoms in total. The predicted molar refractivity (Wildman–Crippen MR) is 127 cm³/mol. The average Bonchev–Trinajstić information content (AvgIpc) is 3.34. The normalized spacial score (nSPS) is 16.1. The van der Waals surface area contributed by atoms with E-state index in [2.05, 4.69) is 15.4 Å². The minimum atomic E-state index is -0.905. The molecule has 3 amide bonds. The molecule has 0 radical (unpaired) electrons.